The van der Waals surface area contributed by atoms with E-state index in [1.165, 1.54) is 27.2 Å². The van der Waals surface area contributed by atoms with Gasteiger partial charge in [-0.15, -0.1) is 0 Å². The van der Waals surface area contributed by atoms with Gasteiger partial charge >= 0.3 is 5.97 Å². The minimum absolute atomic E-state index is 0.0727. The van der Waals surface area contributed by atoms with Crippen LogP contribution in [0.5, 0.6) is 5.75 Å². The molecule has 0 unspecified atom stereocenters. The van der Waals surface area contributed by atoms with Crippen molar-refractivity contribution in [3.63, 3.8) is 0 Å². The average molecular weight is 434 g/mol. The number of rotatable bonds is 8. The maximum Gasteiger partial charge on any atom is 0.371 e. The summed E-state index contributed by atoms with van der Waals surface area (Å²) in [5.74, 6) is -0.419. The second-order valence-electron chi connectivity index (χ2n) is 6.85. The number of hydrogen-bond donors (Lipinski definition) is 1. The van der Waals surface area contributed by atoms with Crippen LogP contribution < -0.4 is 9.64 Å². The van der Waals surface area contributed by atoms with Gasteiger partial charge in [0.15, 0.2) is 0 Å². The van der Waals surface area contributed by atoms with Gasteiger partial charge in [-0.2, -0.15) is 0 Å². The standard InChI is InChI=1S/C25H23NO4S/c1-2-29-22(25(27)28)17-18-11-13-19(14-12-18)30-16-15-26-20-7-3-5-9-23(20)31-24-10-6-4-8-21(24)26/h3-14,17H,2,15-16H2,1H3,(H,27,28). The molecule has 3 aromatic carbocycles. The Morgan fingerprint density at radius 2 is 1.58 bits per heavy atom. The van der Waals surface area contributed by atoms with Gasteiger partial charge in [-0.05, 0) is 55.0 Å². The highest BCUT2D eigenvalue weighted by Gasteiger charge is 2.22. The SMILES string of the molecule is CCOC(=Cc1ccc(OCCN2c3ccccc3Sc3ccccc32)cc1)C(=O)O. The minimum atomic E-state index is -1.08. The van der Waals surface area contributed by atoms with Crippen molar-refractivity contribution in [3.8, 4) is 5.75 Å². The minimum Gasteiger partial charge on any atom is -0.492 e. The van der Waals surface area contributed by atoms with E-state index < -0.39 is 5.97 Å². The summed E-state index contributed by atoms with van der Waals surface area (Å²) in [7, 11) is 0. The van der Waals surface area contributed by atoms with Gasteiger partial charge in [0, 0.05) is 9.79 Å². The van der Waals surface area contributed by atoms with Gasteiger partial charge in [0.1, 0.15) is 12.4 Å². The molecule has 1 aliphatic rings. The molecular weight excluding hydrogens is 410 g/mol. The van der Waals surface area contributed by atoms with Crippen LogP contribution in [0.4, 0.5) is 11.4 Å². The van der Waals surface area contributed by atoms with Crippen molar-refractivity contribution in [2.75, 3.05) is 24.7 Å². The van der Waals surface area contributed by atoms with Gasteiger partial charge in [0.25, 0.3) is 0 Å². The topological polar surface area (TPSA) is 59.0 Å². The molecule has 0 bridgehead atoms. The molecule has 0 aromatic heterocycles. The van der Waals surface area contributed by atoms with Crippen LogP contribution in [0.2, 0.25) is 0 Å². The lowest BCUT2D eigenvalue weighted by Gasteiger charge is -2.32. The molecule has 0 atom stereocenters. The lowest BCUT2D eigenvalue weighted by atomic mass is 10.2. The van der Waals surface area contributed by atoms with E-state index >= 15 is 0 Å². The molecule has 0 aliphatic carbocycles. The van der Waals surface area contributed by atoms with Gasteiger partial charge < -0.3 is 19.5 Å². The fourth-order valence-corrected chi connectivity index (χ4v) is 4.50. The Bertz CT molecular complexity index is 1050. The van der Waals surface area contributed by atoms with E-state index in [9.17, 15) is 9.90 Å². The quantitative estimate of drug-likeness (QED) is 0.356. The molecule has 1 N–H and O–H groups in total. The highest BCUT2D eigenvalue weighted by molar-refractivity contribution is 7.99. The Morgan fingerprint density at radius 1 is 0.968 bits per heavy atom. The molecule has 0 saturated heterocycles. The summed E-state index contributed by atoms with van der Waals surface area (Å²) >= 11 is 1.79. The van der Waals surface area contributed by atoms with Gasteiger partial charge in [0.05, 0.1) is 24.5 Å². The molecule has 0 spiro atoms. The number of fused-ring (bicyclic) bond motifs is 2. The van der Waals surface area contributed by atoms with Crippen molar-refractivity contribution in [1.29, 1.82) is 0 Å². The smallest absolute Gasteiger partial charge is 0.371 e. The van der Waals surface area contributed by atoms with Gasteiger partial charge in [-0.25, -0.2) is 4.79 Å². The third kappa shape index (κ3) is 4.86. The van der Waals surface area contributed by atoms with E-state index in [0.29, 0.717) is 19.8 Å². The first kappa shape index (κ1) is 20.9. The highest BCUT2D eigenvalue weighted by atomic mass is 32.2. The number of nitrogens with zero attached hydrogens (tertiary/aromatic N) is 1. The van der Waals surface area contributed by atoms with Crippen molar-refractivity contribution in [1.82, 2.24) is 0 Å². The van der Waals surface area contributed by atoms with E-state index in [1.54, 1.807) is 18.7 Å². The molecule has 0 radical (unpaired) electrons. The Morgan fingerprint density at radius 3 is 2.16 bits per heavy atom. The zero-order valence-corrected chi connectivity index (χ0v) is 18.0. The molecule has 6 heteroatoms. The van der Waals surface area contributed by atoms with Crippen molar-refractivity contribution < 1.29 is 19.4 Å². The summed E-state index contributed by atoms with van der Waals surface area (Å²) in [6.45, 7) is 3.29. The molecule has 5 nitrogen and oxygen atoms in total. The van der Waals surface area contributed by atoms with Gasteiger partial charge in [0.2, 0.25) is 5.76 Å². The molecule has 0 saturated carbocycles. The van der Waals surface area contributed by atoms with Crippen LogP contribution in [0.15, 0.2) is 88.3 Å². The summed E-state index contributed by atoms with van der Waals surface area (Å²) in [5.41, 5.74) is 3.12. The third-order valence-corrected chi connectivity index (χ3v) is 5.93. The van der Waals surface area contributed by atoms with Gasteiger partial charge in [-0.1, -0.05) is 48.2 Å². The molecule has 0 fully saturated rings. The van der Waals surface area contributed by atoms with Crippen LogP contribution >= 0.6 is 11.8 Å². The fourth-order valence-electron chi connectivity index (χ4n) is 3.41. The van der Waals surface area contributed by atoms with E-state index in [0.717, 1.165) is 11.3 Å². The normalized spacial score (nSPS) is 12.7. The molecule has 1 heterocycles. The van der Waals surface area contributed by atoms with Crippen molar-refractivity contribution in [2.24, 2.45) is 0 Å². The number of hydrogen-bond acceptors (Lipinski definition) is 5. The maximum absolute atomic E-state index is 11.2. The van der Waals surface area contributed by atoms with E-state index in [2.05, 4.69) is 53.4 Å². The van der Waals surface area contributed by atoms with Crippen molar-refractivity contribution >= 4 is 35.2 Å². The lowest BCUT2D eigenvalue weighted by Crippen LogP contribution is -2.26. The summed E-state index contributed by atoms with van der Waals surface area (Å²) < 4.78 is 11.1. The van der Waals surface area contributed by atoms with Crippen LogP contribution in [-0.2, 0) is 9.53 Å². The Hall–Kier alpha value is -3.38. The zero-order valence-electron chi connectivity index (χ0n) is 17.2. The van der Waals surface area contributed by atoms with Crippen LogP contribution in [-0.4, -0.2) is 30.8 Å². The van der Waals surface area contributed by atoms with Crippen LogP contribution in [0.1, 0.15) is 12.5 Å². The number of benzene rings is 3. The number of para-hydroxylation sites is 2. The molecule has 4 rings (SSSR count). The third-order valence-electron chi connectivity index (χ3n) is 4.80. The van der Waals surface area contributed by atoms with Crippen LogP contribution in [0.3, 0.4) is 0 Å². The molecule has 3 aromatic rings. The first-order valence-electron chi connectivity index (χ1n) is 10.1. The van der Waals surface area contributed by atoms with E-state index in [4.69, 9.17) is 9.47 Å². The molecule has 158 valence electrons. The number of carboxylic acids is 1. The zero-order chi connectivity index (χ0) is 21.6. The first-order chi connectivity index (χ1) is 15.2. The lowest BCUT2D eigenvalue weighted by molar-refractivity contribution is -0.136. The van der Waals surface area contributed by atoms with Crippen molar-refractivity contribution in [3.05, 3.63) is 84.1 Å². The largest absolute Gasteiger partial charge is 0.492 e. The predicted molar refractivity (Wildman–Crippen MR) is 123 cm³/mol. The Kier molecular flexibility index (Phi) is 6.48. The molecule has 0 amide bonds. The number of carboxylic acid groups (broad SMARTS) is 1. The predicted octanol–water partition coefficient (Wildman–Crippen LogP) is 5.83. The Balaban J connectivity index is 1.43. The van der Waals surface area contributed by atoms with Crippen LogP contribution in [0, 0.1) is 0 Å². The van der Waals surface area contributed by atoms with E-state index in [-0.39, 0.29) is 5.76 Å². The number of carbonyl (C=O) groups is 1. The molecule has 31 heavy (non-hydrogen) atoms. The summed E-state index contributed by atoms with van der Waals surface area (Å²) in [6.07, 6.45) is 1.51. The van der Waals surface area contributed by atoms with Gasteiger partial charge in [-0.3, -0.25) is 0 Å². The van der Waals surface area contributed by atoms with E-state index in [1.807, 2.05) is 24.3 Å². The summed E-state index contributed by atoms with van der Waals surface area (Å²) in [5, 5.41) is 9.18. The van der Waals surface area contributed by atoms with Crippen LogP contribution in [0.25, 0.3) is 6.08 Å². The summed E-state index contributed by atoms with van der Waals surface area (Å²) in [6, 6.07) is 24.1. The number of anilines is 2. The van der Waals surface area contributed by atoms with Crippen molar-refractivity contribution in [2.45, 2.75) is 16.7 Å². The number of aliphatic carboxylic acids is 1. The average Bonchev–Trinajstić information content (AvgIpc) is 2.79. The Labute approximate surface area is 185 Å². The molecular formula is C25H23NO4S. The maximum atomic E-state index is 11.2. The molecule has 1 aliphatic heterocycles. The monoisotopic (exact) mass is 433 g/mol. The second kappa shape index (κ2) is 9.62. The fraction of sp³-hybridized carbons (Fsp3) is 0.160. The summed E-state index contributed by atoms with van der Waals surface area (Å²) in [4.78, 5) is 16.0. The second-order valence-corrected chi connectivity index (χ2v) is 7.94. The highest BCUT2D eigenvalue weighted by Crippen LogP contribution is 2.47. The first-order valence-corrected chi connectivity index (χ1v) is 10.9. The number of ether oxygens (including phenoxy) is 2.